The van der Waals surface area contributed by atoms with Gasteiger partial charge < -0.3 is 15.4 Å². The molecule has 2 aromatic carbocycles. The highest BCUT2D eigenvalue weighted by Crippen LogP contribution is 2.20. The average molecular weight is 344 g/mol. The van der Waals surface area contributed by atoms with Crippen molar-refractivity contribution in [1.29, 1.82) is 0 Å². The summed E-state index contributed by atoms with van der Waals surface area (Å²) in [6, 6.07) is 9.10. The Morgan fingerprint density at radius 3 is 2.76 bits per heavy atom. The van der Waals surface area contributed by atoms with E-state index in [0.717, 1.165) is 34.2 Å². The molecule has 6 heteroatoms. The zero-order valence-corrected chi connectivity index (χ0v) is 13.6. The summed E-state index contributed by atoms with van der Waals surface area (Å²) >= 11 is 0. The molecule has 0 saturated heterocycles. The molecule has 0 bridgehead atoms. The molecule has 1 aromatic heterocycles. The van der Waals surface area contributed by atoms with Gasteiger partial charge >= 0.3 is 0 Å². The highest BCUT2D eigenvalue weighted by atomic mass is 19.2. The predicted octanol–water partition coefficient (Wildman–Crippen LogP) is 3.15. The Balaban J connectivity index is 1.61. The summed E-state index contributed by atoms with van der Waals surface area (Å²) < 4.78 is 26.1. The van der Waals surface area contributed by atoms with Gasteiger partial charge in [-0.3, -0.25) is 4.79 Å². The van der Waals surface area contributed by atoms with Crippen LogP contribution in [0.3, 0.4) is 0 Å². The van der Waals surface area contributed by atoms with Crippen molar-refractivity contribution in [2.24, 2.45) is 0 Å². The van der Waals surface area contributed by atoms with E-state index in [2.05, 4.69) is 10.3 Å². The molecule has 0 fully saturated rings. The summed E-state index contributed by atoms with van der Waals surface area (Å²) in [5.74, 6) is -2.27. The van der Waals surface area contributed by atoms with E-state index < -0.39 is 17.7 Å². The van der Waals surface area contributed by atoms with Crippen LogP contribution >= 0.6 is 0 Å². The van der Waals surface area contributed by atoms with Gasteiger partial charge in [0.25, 0.3) is 0 Å². The van der Waals surface area contributed by atoms with Crippen LogP contribution in [-0.2, 0) is 11.2 Å². The molecule has 25 heavy (non-hydrogen) atoms. The number of aryl methyl sites for hydroxylation is 1. The van der Waals surface area contributed by atoms with Crippen LogP contribution in [0.5, 0.6) is 0 Å². The van der Waals surface area contributed by atoms with Gasteiger partial charge in [0.1, 0.15) is 0 Å². The van der Waals surface area contributed by atoms with E-state index in [9.17, 15) is 18.7 Å². The fraction of sp³-hybridized carbons (Fsp3) is 0.211. The van der Waals surface area contributed by atoms with Crippen molar-refractivity contribution in [2.75, 3.05) is 6.54 Å². The number of benzene rings is 2. The minimum Gasteiger partial charge on any atom is -0.387 e. The van der Waals surface area contributed by atoms with Gasteiger partial charge in [0.2, 0.25) is 5.91 Å². The summed E-state index contributed by atoms with van der Waals surface area (Å²) in [6.45, 7) is 1.91. The van der Waals surface area contributed by atoms with Gasteiger partial charge in [0.05, 0.1) is 12.5 Å². The van der Waals surface area contributed by atoms with Crippen LogP contribution in [0.15, 0.2) is 42.6 Å². The Morgan fingerprint density at radius 2 is 2.00 bits per heavy atom. The smallest absolute Gasteiger partial charge is 0.224 e. The van der Waals surface area contributed by atoms with Gasteiger partial charge in [-0.15, -0.1) is 0 Å². The Morgan fingerprint density at radius 1 is 1.20 bits per heavy atom. The molecule has 0 radical (unpaired) electrons. The number of fused-ring (bicyclic) bond motifs is 1. The Labute approximate surface area is 143 Å². The first-order valence-electron chi connectivity index (χ1n) is 7.90. The number of halogens is 2. The molecule has 3 N–H and O–H groups in total. The average Bonchev–Trinajstić information content (AvgIpc) is 2.97. The molecule has 1 amide bonds. The van der Waals surface area contributed by atoms with Crippen LogP contribution in [0.2, 0.25) is 0 Å². The van der Waals surface area contributed by atoms with Crippen molar-refractivity contribution < 1.29 is 18.7 Å². The van der Waals surface area contributed by atoms with Crippen LogP contribution in [0.1, 0.15) is 22.8 Å². The number of carbonyl (C=O) groups is 1. The minimum atomic E-state index is -1.11. The summed E-state index contributed by atoms with van der Waals surface area (Å²) in [7, 11) is 0. The van der Waals surface area contributed by atoms with E-state index in [1.54, 1.807) is 6.20 Å². The number of amides is 1. The summed E-state index contributed by atoms with van der Waals surface area (Å²) in [4.78, 5) is 15.2. The van der Waals surface area contributed by atoms with Crippen molar-refractivity contribution >= 4 is 16.8 Å². The van der Waals surface area contributed by atoms with Crippen LogP contribution in [-0.4, -0.2) is 22.5 Å². The van der Waals surface area contributed by atoms with E-state index >= 15 is 0 Å². The third kappa shape index (κ3) is 3.85. The summed E-state index contributed by atoms with van der Waals surface area (Å²) in [5, 5.41) is 13.6. The maximum absolute atomic E-state index is 13.2. The number of aromatic nitrogens is 1. The Kier molecular flexibility index (Phi) is 4.81. The van der Waals surface area contributed by atoms with Gasteiger partial charge in [0, 0.05) is 23.6 Å². The SMILES string of the molecule is Cc1ccc2c(CC(=O)NC[C@@H](O)c3ccc(F)c(F)c3)c[nH]c2c1. The van der Waals surface area contributed by atoms with Crippen LogP contribution in [0.25, 0.3) is 10.9 Å². The van der Waals surface area contributed by atoms with Crippen molar-refractivity contribution in [3.05, 3.63) is 70.9 Å². The molecule has 1 atom stereocenters. The number of nitrogens with one attached hydrogen (secondary N) is 2. The van der Waals surface area contributed by atoms with Crippen LogP contribution in [0, 0.1) is 18.6 Å². The second-order valence-corrected chi connectivity index (χ2v) is 6.03. The molecular weight excluding hydrogens is 326 g/mol. The second-order valence-electron chi connectivity index (χ2n) is 6.03. The van der Waals surface area contributed by atoms with Crippen molar-refractivity contribution in [1.82, 2.24) is 10.3 Å². The third-order valence-electron chi connectivity index (χ3n) is 4.09. The van der Waals surface area contributed by atoms with E-state index in [-0.39, 0.29) is 24.4 Å². The molecule has 0 aliphatic heterocycles. The number of hydrogen-bond acceptors (Lipinski definition) is 2. The van der Waals surface area contributed by atoms with E-state index in [4.69, 9.17) is 0 Å². The van der Waals surface area contributed by atoms with Gasteiger partial charge in [-0.2, -0.15) is 0 Å². The molecule has 3 aromatic rings. The largest absolute Gasteiger partial charge is 0.387 e. The Bertz CT molecular complexity index is 921. The fourth-order valence-electron chi connectivity index (χ4n) is 2.73. The highest BCUT2D eigenvalue weighted by molar-refractivity contribution is 5.89. The van der Waals surface area contributed by atoms with Crippen LogP contribution in [0.4, 0.5) is 8.78 Å². The van der Waals surface area contributed by atoms with Crippen molar-refractivity contribution in [2.45, 2.75) is 19.4 Å². The first kappa shape index (κ1) is 17.1. The number of aliphatic hydroxyl groups is 1. The van der Waals surface area contributed by atoms with Crippen molar-refractivity contribution in [3.8, 4) is 0 Å². The quantitative estimate of drug-likeness (QED) is 0.666. The normalized spacial score (nSPS) is 12.3. The zero-order chi connectivity index (χ0) is 18.0. The molecular formula is C19H18F2N2O2. The number of hydrogen-bond donors (Lipinski definition) is 3. The lowest BCUT2D eigenvalue weighted by atomic mass is 10.1. The van der Waals surface area contributed by atoms with E-state index in [1.165, 1.54) is 6.07 Å². The fourth-order valence-corrected chi connectivity index (χ4v) is 2.73. The third-order valence-corrected chi connectivity index (χ3v) is 4.09. The zero-order valence-electron chi connectivity index (χ0n) is 13.6. The lowest BCUT2D eigenvalue weighted by molar-refractivity contribution is -0.120. The molecule has 0 unspecified atom stereocenters. The molecule has 0 saturated carbocycles. The Hall–Kier alpha value is -2.73. The first-order chi connectivity index (χ1) is 11.9. The van der Waals surface area contributed by atoms with Gasteiger partial charge in [-0.1, -0.05) is 18.2 Å². The van der Waals surface area contributed by atoms with Crippen LogP contribution < -0.4 is 5.32 Å². The number of rotatable bonds is 5. The minimum absolute atomic E-state index is 0.0780. The number of aromatic amines is 1. The van der Waals surface area contributed by atoms with Gasteiger partial charge in [0.15, 0.2) is 11.6 Å². The standard InChI is InChI=1S/C19H18F2N2O2/c1-11-2-4-14-13(9-22-17(14)6-11)8-19(25)23-10-18(24)12-3-5-15(20)16(21)7-12/h2-7,9,18,22,24H,8,10H2,1H3,(H,23,25)/t18-/m1/s1. The molecule has 3 rings (SSSR count). The maximum Gasteiger partial charge on any atom is 0.224 e. The molecule has 1 heterocycles. The highest BCUT2D eigenvalue weighted by Gasteiger charge is 2.14. The molecule has 0 aliphatic rings. The molecule has 0 spiro atoms. The number of H-pyrrole nitrogens is 1. The molecule has 4 nitrogen and oxygen atoms in total. The second kappa shape index (κ2) is 7.03. The maximum atomic E-state index is 13.2. The lowest BCUT2D eigenvalue weighted by Crippen LogP contribution is -2.29. The molecule has 130 valence electrons. The monoisotopic (exact) mass is 344 g/mol. The van der Waals surface area contributed by atoms with Crippen molar-refractivity contribution in [3.63, 3.8) is 0 Å². The van der Waals surface area contributed by atoms with E-state index in [1.807, 2.05) is 25.1 Å². The van der Waals surface area contributed by atoms with Gasteiger partial charge in [-0.25, -0.2) is 8.78 Å². The summed E-state index contributed by atoms with van der Waals surface area (Å²) in [5.41, 5.74) is 3.15. The molecule has 0 aliphatic carbocycles. The topological polar surface area (TPSA) is 65.1 Å². The number of carbonyl (C=O) groups excluding carboxylic acids is 1. The predicted molar refractivity (Wildman–Crippen MR) is 91.1 cm³/mol. The number of aliphatic hydroxyl groups excluding tert-OH is 1. The van der Waals surface area contributed by atoms with Gasteiger partial charge in [-0.05, 0) is 41.8 Å². The first-order valence-corrected chi connectivity index (χ1v) is 7.90. The lowest BCUT2D eigenvalue weighted by Gasteiger charge is -2.12. The van der Waals surface area contributed by atoms with E-state index in [0.29, 0.717) is 0 Å². The summed E-state index contributed by atoms with van der Waals surface area (Å²) in [6.07, 6.45) is 0.841.